The third-order valence-corrected chi connectivity index (χ3v) is 6.49. The van der Waals surface area contributed by atoms with Gasteiger partial charge in [-0.1, -0.05) is 43.3 Å². The van der Waals surface area contributed by atoms with Crippen LogP contribution in [0.15, 0.2) is 42.5 Å². The number of nitrogens with zero attached hydrogens (tertiary/aromatic N) is 3. The van der Waals surface area contributed by atoms with E-state index in [0.29, 0.717) is 5.92 Å². The van der Waals surface area contributed by atoms with E-state index < -0.39 is 0 Å². The zero-order chi connectivity index (χ0) is 21.4. The largest absolute Gasteiger partial charge is 0.367 e. The van der Waals surface area contributed by atoms with Crippen LogP contribution in [-0.2, 0) is 4.79 Å². The predicted molar refractivity (Wildman–Crippen MR) is 127 cm³/mol. The number of nitrogens with one attached hydrogen (secondary N) is 2. The number of hydrogen-bond donors (Lipinski definition) is 2. The van der Waals surface area contributed by atoms with Gasteiger partial charge in [0.15, 0.2) is 0 Å². The summed E-state index contributed by atoms with van der Waals surface area (Å²) in [5, 5.41) is 12.0. The molecule has 2 heterocycles. The number of benzene rings is 2. The van der Waals surface area contributed by atoms with Crippen molar-refractivity contribution in [3.63, 3.8) is 0 Å². The first-order valence-corrected chi connectivity index (χ1v) is 11.1. The number of amides is 1. The van der Waals surface area contributed by atoms with Crippen molar-refractivity contribution < 1.29 is 4.79 Å². The number of fused-ring (bicyclic) bond motifs is 1. The van der Waals surface area contributed by atoms with Gasteiger partial charge in [-0.15, -0.1) is 0 Å². The molecule has 1 saturated heterocycles. The van der Waals surface area contributed by atoms with Gasteiger partial charge in [0.2, 0.25) is 5.91 Å². The highest BCUT2D eigenvalue weighted by molar-refractivity contribution is 6.02. The molecule has 2 N–H and O–H groups in total. The predicted octanol–water partition coefficient (Wildman–Crippen LogP) is 4.08. The summed E-state index contributed by atoms with van der Waals surface area (Å²) in [6.45, 7) is 6.05. The number of H-pyrrole nitrogens is 1. The highest BCUT2D eigenvalue weighted by atomic mass is 16.2. The summed E-state index contributed by atoms with van der Waals surface area (Å²) in [5.74, 6) is 0.749. The second kappa shape index (κ2) is 8.19. The normalized spacial score (nSPS) is 21.7. The smallest absolute Gasteiger partial charge is 0.227 e. The standard InChI is InChI=1S/C25H29N5O/c1-17-14-19(17)25(31)26-23-15-20-21(9-8-18-6-4-3-5-7-18)27-28-22(20)16-24(23)30-12-10-29(2)11-13-30/h3-9,15-17,19H,10-14H2,1-2H3,(H,26,31)(H,27,28). The van der Waals surface area contributed by atoms with Crippen LogP contribution in [0.5, 0.6) is 0 Å². The maximum atomic E-state index is 12.8. The molecular formula is C25H29N5O. The summed E-state index contributed by atoms with van der Waals surface area (Å²) in [5.41, 5.74) is 4.95. The second-order valence-electron chi connectivity index (χ2n) is 8.87. The molecule has 1 amide bonds. The first kappa shape index (κ1) is 19.8. The van der Waals surface area contributed by atoms with Gasteiger partial charge < -0.3 is 15.1 Å². The maximum absolute atomic E-state index is 12.8. The topological polar surface area (TPSA) is 64.3 Å². The number of aromatic nitrogens is 2. The number of rotatable bonds is 5. The highest BCUT2D eigenvalue weighted by Crippen LogP contribution is 2.40. The lowest BCUT2D eigenvalue weighted by atomic mass is 10.1. The van der Waals surface area contributed by atoms with Gasteiger partial charge in [0, 0.05) is 37.5 Å². The van der Waals surface area contributed by atoms with E-state index in [1.165, 1.54) is 0 Å². The lowest BCUT2D eigenvalue weighted by molar-refractivity contribution is -0.117. The molecule has 3 aromatic rings. The van der Waals surface area contributed by atoms with E-state index in [-0.39, 0.29) is 11.8 Å². The van der Waals surface area contributed by atoms with Crippen molar-refractivity contribution in [1.82, 2.24) is 15.1 Å². The van der Waals surface area contributed by atoms with Gasteiger partial charge in [-0.2, -0.15) is 5.10 Å². The third kappa shape index (κ3) is 4.21. The van der Waals surface area contributed by atoms with Crippen molar-refractivity contribution >= 4 is 40.3 Å². The SMILES string of the molecule is CC1CC1C(=O)Nc1cc2c(C=Cc3ccccc3)n[nH]c2cc1N1CCN(C)CC1. The fourth-order valence-corrected chi connectivity index (χ4v) is 4.26. The van der Waals surface area contributed by atoms with E-state index in [0.717, 1.165) is 66.1 Å². The highest BCUT2D eigenvalue weighted by Gasteiger charge is 2.39. The molecule has 2 unspecified atom stereocenters. The van der Waals surface area contributed by atoms with Crippen molar-refractivity contribution in [2.75, 3.05) is 43.4 Å². The molecule has 160 valence electrons. The Morgan fingerprint density at radius 2 is 1.87 bits per heavy atom. The third-order valence-electron chi connectivity index (χ3n) is 6.49. The van der Waals surface area contributed by atoms with Crippen LogP contribution >= 0.6 is 0 Å². The molecule has 0 radical (unpaired) electrons. The first-order chi connectivity index (χ1) is 15.1. The van der Waals surface area contributed by atoms with Crippen LogP contribution in [-0.4, -0.2) is 54.2 Å². The molecule has 2 aromatic carbocycles. The summed E-state index contributed by atoms with van der Waals surface area (Å²) in [6, 6.07) is 14.4. The molecule has 2 fully saturated rings. The van der Waals surface area contributed by atoms with Crippen LogP contribution in [0.3, 0.4) is 0 Å². The summed E-state index contributed by atoms with van der Waals surface area (Å²) >= 11 is 0. The van der Waals surface area contributed by atoms with Crippen LogP contribution in [0.1, 0.15) is 24.6 Å². The molecule has 6 nitrogen and oxygen atoms in total. The Bertz CT molecular complexity index is 1110. The zero-order valence-corrected chi connectivity index (χ0v) is 18.1. The van der Waals surface area contributed by atoms with Gasteiger partial charge in [-0.3, -0.25) is 9.89 Å². The van der Waals surface area contributed by atoms with E-state index in [9.17, 15) is 4.79 Å². The zero-order valence-electron chi connectivity index (χ0n) is 18.1. The van der Waals surface area contributed by atoms with E-state index in [1.807, 2.05) is 24.3 Å². The number of piperazine rings is 1. The Morgan fingerprint density at radius 3 is 2.58 bits per heavy atom. The van der Waals surface area contributed by atoms with E-state index in [4.69, 9.17) is 0 Å². The fraction of sp³-hybridized carbons (Fsp3) is 0.360. The van der Waals surface area contributed by atoms with Crippen molar-refractivity contribution in [3.8, 4) is 0 Å². The van der Waals surface area contributed by atoms with Crippen LogP contribution < -0.4 is 10.2 Å². The summed E-state index contributed by atoms with van der Waals surface area (Å²) in [6.07, 6.45) is 5.07. The molecule has 0 spiro atoms. The summed E-state index contributed by atoms with van der Waals surface area (Å²) in [7, 11) is 2.15. The molecule has 1 aliphatic carbocycles. The lowest BCUT2D eigenvalue weighted by Crippen LogP contribution is -2.44. The second-order valence-corrected chi connectivity index (χ2v) is 8.87. The van der Waals surface area contributed by atoms with Gasteiger partial charge in [0.1, 0.15) is 0 Å². The monoisotopic (exact) mass is 415 g/mol. The Balaban J connectivity index is 1.50. The van der Waals surface area contributed by atoms with Crippen molar-refractivity contribution in [2.24, 2.45) is 11.8 Å². The fourth-order valence-electron chi connectivity index (χ4n) is 4.26. The van der Waals surface area contributed by atoms with E-state index in [1.54, 1.807) is 0 Å². The lowest BCUT2D eigenvalue weighted by Gasteiger charge is -2.35. The number of likely N-dealkylation sites (N-methyl/N-ethyl adjacent to an activating group) is 1. The van der Waals surface area contributed by atoms with Crippen molar-refractivity contribution in [3.05, 3.63) is 53.7 Å². The summed E-state index contributed by atoms with van der Waals surface area (Å²) < 4.78 is 0. The molecule has 31 heavy (non-hydrogen) atoms. The van der Waals surface area contributed by atoms with Crippen LogP contribution in [0.4, 0.5) is 11.4 Å². The minimum Gasteiger partial charge on any atom is -0.367 e. The van der Waals surface area contributed by atoms with Crippen LogP contribution in [0, 0.1) is 11.8 Å². The molecular weight excluding hydrogens is 386 g/mol. The molecule has 5 rings (SSSR count). The molecule has 2 atom stereocenters. The van der Waals surface area contributed by atoms with Crippen LogP contribution in [0.2, 0.25) is 0 Å². The number of aromatic amines is 1. The van der Waals surface area contributed by atoms with Gasteiger partial charge in [0.05, 0.1) is 22.6 Å². The van der Waals surface area contributed by atoms with E-state index >= 15 is 0 Å². The van der Waals surface area contributed by atoms with Crippen molar-refractivity contribution in [1.29, 1.82) is 0 Å². The quantitative estimate of drug-likeness (QED) is 0.659. The Hall–Kier alpha value is -3.12. The molecule has 6 heteroatoms. The minimum atomic E-state index is 0.132. The average molecular weight is 416 g/mol. The number of carbonyl (C=O) groups excluding carboxylic acids is 1. The molecule has 1 saturated carbocycles. The Kier molecular flexibility index (Phi) is 5.24. The molecule has 2 aliphatic rings. The van der Waals surface area contributed by atoms with Gasteiger partial charge in [-0.25, -0.2) is 0 Å². The summed E-state index contributed by atoms with van der Waals surface area (Å²) in [4.78, 5) is 17.5. The Labute approximate surface area is 182 Å². The van der Waals surface area contributed by atoms with E-state index in [2.05, 4.69) is 69.6 Å². The number of carbonyl (C=O) groups is 1. The molecule has 0 bridgehead atoms. The van der Waals surface area contributed by atoms with Crippen LogP contribution in [0.25, 0.3) is 23.1 Å². The maximum Gasteiger partial charge on any atom is 0.227 e. The first-order valence-electron chi connectivity index (χ1n) is 11.1. The Morgan fingerprint density at radius 1 is 1.13 bits per heavy atom. The van der Waals surface area contributed by atoms with Gasteiger partial charge >= 0.3 is 0 Å². The van der Waals surface area contributed by atoms with Gasteiger partial charge in [0.25, 0.3) is 0 Å². The molecule has 1 aliphatic heterocycles. The minimum absolute atomic E-state index is 0.132. The molecule has 1 aromatic heterocycles. The average Bonchev–Trinajstić information content (AvgIpc) is 3.39. The number of anilines is 2. The van der Waals surface area contributed by atoms with Gasteiger partial charge in [-0.05, 0) is 43.2 Å². The number of hydrogen-bond acceptors (Lipinski definition) is 4. The van der Waals surface area contributed by atoms with Crippen molar-refractivity contribution in [2.45, 2.75) is 13.3 Å².